The topological polar surface area (TPSA) is 146 Å². The van der Waals surface area contributed by atoms with Crippen molar-refractivity contribution >= 4 is 39.8 Å². The molecular weight excluding hydrogens is 442 g/mol. The summed E-state index contributed by atoms with van der Waals surface area (Å²) in [5, 5.41) is 3.82. The van der Waals surface area contributed by atoms with Crippen molar-refractivity contribution in [1.29, 1.82) is 0 Å². The number of rotatable bonds is 5. The van der Waals surface area contributed by atoms with Crippen LogP contribution in [-0.2, 0) is 5.54 Å². The van der Waals surface area contributed by atoms with Gasteiger partial charge in [0, 0.05) is 12.4 Å². The fourth-order valence-electron chi connectivity index (χ4n) is 2.73. The van der Waals surface area contributed by atoms with Gasteiger partial charge in [-0.05, 0) is 26.0 Å². The van der Waals surface area contributed by atoms with E-state index < -0.39 is 34.1 Å². The smallest absolute Gasteiger partial charge is 0.387 e. The maximum Gasteiger partial charge on any atom is 0.387 e. The van der Waals surface area contributed by atoms with E-state index in [2.05, 4.69) is 25.0 Å². The Morgan fingerprint density at radius 2 is 2.17 bits per heavy atom. The summed E-state index contributed by atoms with van der Waals surface area (Å²) in [5.74, 6) is -0.612. The molecule has 0 saturated carbocycles. The van der Waals surface area contributed by atoms with Gasteiger partial charge in [0.1, 0.15) is 27.8 Å². The molecule has 0 aliphatic carbocycles. The summed E-state index contributed by atoms with van der Waals surface area (Å²) in [6, 6.07) is 2.44. The standard InChI is InChI=1S/C16H20F2N6O4S2/c1-8-16(2,23-15(19)24(3)30(8,26)27)13-22-11(7-29-13)21-12(25)10-5-4-9(6-20-10)28-14(17)18/h4-8,14,26-27H,1-3H3,(H2,19,23)(H,21,25)/t8-,16-/m1/s1. The summed E-state index contributed by atoms with van der Waals surface area (Å²) in [6.07, 6.45) is 1.01. The highest BCUT2D eigenvalue weighted by Crippen LogP contribution is 2.57. The second kappa shape index (κ2) is 7.94. The molecule has 14 heteroatoms. The molecule has 0 saturated heterocycles. The van der Waals surface area contributed by atoms with Gasteiger partial charge in [-0.3, -0.25) is 13.9 Å². The number of guanidine groups is 1. The first-order chi connectivity index (χ1) is 13.9. The van der Waals surface area contributed by atoms with E-state index >= 15 is 0 Å². The number of aliphatic imine (C=N–C) groups is 1. The molecule has 0 radical (unpaired) electrons. The number of aromatic nitrogens is 2. The van der Waals surface area contributed by atoms with Crippen molar-refractivity contribution in [2.45, 2.75) is 31.2 Å². The number of halogens is 2. The molecule has 2 atom stereocenters. The van der Waals surface area contributed by atoms with Crippen LogP contribution in [0.4, 0.5) is 14.6 Å². The number of carbonyl (C=O) groups is 1. The molecule has 3 heterocycles. The van der Waals surface area contributed by atoms with E-state index in [1.54, 1.807) is 19.2 Å². The molecule has 2 aromatic rings. The van der Waals surface area contributed by atoms with Gasteiger partial charge in [0.15, 0.2) is 0 Å². The molecule has 1 aliphatic rings. The summed E-state index contributed by atoms with van der Waals surface area (Å²) in [7, 11) is -1.79. The molecule has 0 bridgehead atoms. The number of nitrogens with two attached hydrogens (primary N) is 1. The number of carbonyl (C=O) groups excluding carboxylic acids is 1. The van der Waals surface area contributed by atoms with Crippen molar-refractivity contribution in [2.24, 2.45) is 10.7 Å². The predicted molar refractivity (Wildman–Crippen MR) is 110 cm³/mol. The number of alkyl halides is 2. The van der Waals surface area contributed by atoms with Gasteiger partial charge in [-0.2, -0.15) is 8.78 Å². The highest BCUT2D eigenvalue weighted by molar-refractivity contribution is 8.23. The van der Waals surface area contributed by atoms with Crippen LogP contribution in [0, 0.1) is 0 Å². The SMILES string of the molecule is C[C@@H]1[C@](C)(c2nc(NC(=O)c3ccc(OC(F)F)cn3)cs2)N=C(N)N(C)S1(O)O. The Balaban J connectivity index is 1.79. The number of anilines is 1. The second-order valence-electron chi connectivity index (χ2n) is 6.57. The zero-order chi connectivity index (χ0) is 22.3. The number of thiazole rings is 1. The summed E-state index contributed by atoms with van der Waals surface area (Å²) in [4.78, 5) is 24.9. The van der Waals surface area contributed by atoms with Gasteiger partial charge in [-0.1, -0.05) is 0 Å². The van der Waals surface area contributed by atoms with E-state index in [-0.39, 0.29) is 23.2 Å². The van der Waals surface area contributed by atoms with Crippen LogP contribution in [0.25, 0.3) is 0 Å². The lowest BCUT2D eigenvalue weighted by Crippen LogP contribution is -2.52. The van der Waals surface area contributed by atoms with Gasteiger partial charge in [0.25, 0.3) is 5.91 Å². The van der Waals surface area contributed by atoms with Crippen LogP contribution in [0.3, 0.4) is 0 Å². The third-order valence-corrected chi connectivity index (χ3v) is 8.18. The van der Waals surface area contributed by atoms with Gasteiger partial charge in [0.2, 0.25) is 5.96 Å². The molecule has 0 unspecified atom stereocenters. The fraction of sp³-hybridized carbons (Fsp3) is 0.375. The molecule has 2 aromatic heterocycles. The molecule has 1 aliphatic heterocycles. The molecule has 3 rings (SSSR count). The average molecular weight is 463 g/mol. The second-order valence-corrected chi connectivity index (χ2v) is 9.80. The van der Waals surface area contributed by atoms with Crippen molar-refractivity contribution in [3.05, 3.63) is 34.4 Å². The zero-order valence-corrected chi connectivity index (χ0v) is 17.7. The first kappa shape index (κ1) is 22.1. The molecule has 0 fully saturated rings. The first-order valence-corrected chi connectivity index (χ1v) is 10.9. The molecule has 30 heavy (non-hydrogen) atoms. The Morgan fingerprint density at radius 1 is 1.47 bits per heavy atom. The summed E-state index contributed by atoms with van der Waals surface area (Å²) >= 11 is 1.17. The minimum Gasteiger partial charge on any atom is -0.433 e. The van der Waals surface area contributed by atoms with Gasteiger partial charge >= 0.3 is 6.61 Å². The van der Waals surface area contributed by atoms with Crippen LogP contribution in [0.1, 0.15) is 29.3 Å². The van der Waals surface area contributed by atoms with Gasteiger partial charge in [-0.15, -0.1) is 22.1 Å². The highest BCUT2D eigenvalue weighted by Gasteiger charge is 2.49. The number of amides is 1. The average Bonchev–Trinajstić information content (AvgIpc) is 3.14. The molecule has 1 amide bonds. The van der Waals surface area contributed by atoms with Crippen LogP contribution in [0.15, 0.2) is 28.7 Å². The van der Waals surface area contributed by atoms with E-state index in [0.29, 0.717) is 5.01 Å². The monoisotopic (exact) mass is 462 g/mol. The van der Waals surface area contributed by atoms with Crippen molar-refractivity contribution in [3.63, 3.8) is 0 Å². The summed E-state index contributed by atoms with van der Waals surface area (Å²) < 4.78 is 50.7. The molecule has 10 nitrogen and oxygen atoms in total. The van der Waals surface area contributed by atoms with Gasteiger partial charge in [0.05, 0.1) is 11.4 Å². The maximum absolute atomic E-state index is 12.3. The summed E-state index contributed by atoms with van der Waals surface area (Å²) in [6.45, 7) is 0.326. The van der Waals surface area contributed by atoms with Crippen molar-refractivity contribution < 1.29 is 27.4 Å². The van der Waals surface area contributed by atoms with Crippen LogP contribution in [0.2, 0.25) is 0 Å². The lowest BCUT2D eigenvalue weighted by atomic mass is 10.0. The normalized spacial score (nSPS) is 24.3. The van der Waals surface area contributed by atoms with Gasteiger partial charge in [-0.25, -0.2) is 19.3 Å². The summed E-state index contributed by atoms with van der Waals surface area (Å²) in [5.41, 5.74) is 4.71. The molecule has 5 N–H and O–H groups in total. The number of nitrogens with zero attached hydrogens (tertiary/aromatic N) is 4. The van der Waals surface area contributed by atoms with Crippen LogP contribution >= 0.6 is 22.1 Å². The number of pyridine rings is 1. The fourth-order valence-corrected chi connectivity index (χ4v) is 5.33. The third-order valence-electron chi connectivity index (χ3n) is 4.71. The van der Waals surface area contributed by atoms with E-state index in [4.69, 9.17) is 5.73 Å². The Bertz CT molecular complexity index is 971. The van der Waals surface area contributed by atoms with Gasteiger partial charge < -0.3 is 15.8 Å². The van der Waals surface area contributed by atoms with Crippen LogP contribution < -0.4 is 15.8 Å². The Morgan fingerprint density at radius 3 is 2.77 bits per heavy atom. The quantitative estimate of drug-likeness (QED) is 0.530. The largest absolute Gasteiger partial charge is 0.433 e. The van der Waals surface area contributed by atoms with Crippen molar-refractivity contribution in [2.75, 3.05) is 12.4 Å². The molecule has 0 spiro atoms. The lowest BCUT2D eigenvalue weighted by molar-refractivity contribution is -0.0500. The number of hydrogen-bond acceptors (Lipinski definition) is 10. The van der Waals surface area contributed by atoms with Crippen LogP contribution in [-0.4, -0.2) is 54.2 Å². The van der Waals surface area contributed by atoms with E-state index in [0.717, 1.165) is 10.5 Å². The zero-order valence-electron chi connectivity index (χ0n) is 16.1. The van der Waals surface area contributed by atoms with E-state index in [1.165, 1.54) is 30.5 Å². The van der Waals surface area contributed by atoms with Crippen LogP contribution in [0.5, 0.6) is 5.75 Å². The number of nitrogens with one attached hydrogen (secondary N) is 1. The Labute approximate surface area is 176 Å². The van der Waals surface area contributed by atoms with E-state index in [9.17, 15) is 22.7 Å². The number of ether oxygens (including phenoxy) is 1. The van der Waals surface area contributed by atoms with Crippen molar-refractivity contribution in [1.82, 2.24) is 14.3 Å². The van der Waals surface area contributed by atoms with Crippen molar-refractivity contribution in [3.8, 4) is 5.75 Å². The minimum atomic E-state index is -3.23. The molecule has 164 valence electrons. The molecular formula is C16H20F2N6O4S2. The Kier molecular flexibility index (Phi) is 5.86. The lowest BCUT2D eigenvalue weighted by Gasteiger charge is -2.53. The highest BCUT2D eigenvalue weighted by atomic mass is 32.3. The Hall–Kier alpha value is -2.55. The molecule has 0 aromatic carbocycles. The van der Waals surface area contributed by atoms with E-state index in [1.807, 2.05) is 0 Å². The first-order valence-electron chi connectivity index (χ1n) is 8.49. The number of hydrogen-bond donors (Lipinski definition) is 4. The predicted octanol–water partition coefficient (Wildman–Crippen LogP) is 2.92. The minimum absolute atomic E-state index is 0.0264. The maximum atomic E-state index is 12.3. The third kappa shape index (κ3) is 4.03.